The lowest BCUT2D eigenvalue weighted by Crippen LogP contribution is -1.97. The largest absolute Gasteiger partial charge is 0.192 e. The van der Waals surface area contributed by atoms with E-state index in [9.17, 15) is 0 Å². The third-order valence-corrected chi connectivity index (χ3v) is 1.83. The minimum atomic E-state index is 0.621. The van der Waals surface area contributed by atoms with Gasteiger partial charge in [-0.1, -0.05) is 0 Å². The van der Waals surface area contributed by atoms with Crippen molar-refractivity contribution in [3.05, 3.63) is 23.8 Å². The summed E-state index contributed by atoms with van der Waals surface area (Å²) in [5.74, 6) is 0. The molecule has 0 aliphatic carbocycles. The van der Waals surface area contributed by atoms with Gasteiger partial charge in [0.2, 0.25) is 0 Å². The smallest absolute Gasteiger partial charge is 0.114 e. The maximum atomic E-state index is 8.66. The molecule has 0 radical (unpaired) electrons. The van der Waals surface area contributed by atoms with Crippen molar-refractivity contribution < 1.29 is 0 Å². The number of fused-ring (bicyclic) bond motifs is 1. The number of hydrogen-bond acceptors (Lipinski definition) is 3. The molecule has 1 aromatic heterocycles. The van der Waals surface area contributed by atoms with E-state index in [1.54, 1.807) is 16.9 Å². The average Bonchev–Trinajstić information content (AvgIpc) is 2.58. The highest BCUT2D eigenvalue weighted by atomic mass is 15.5. The number of nitriles is 1. The maximum Gasteiger partial charge on any atom is 0.114 e. The Labute approximate surface area is 75.4 Å². The van der Waals surface area contributed by atoms with Gasteiger partial charge < -0.3 is 0 Å². The summed E-state index contributed by atoms with van der Waals surface area (Å²) < 4.78 is 0. The molecule has 1 heterocycles. The normalized spacial score (nSPS) is 10.2. The standard InChI is InChI=1S/C9H8N4/c1-2-13-11-8-4-3-7(6-10)5-9(8)12-13/h3-5H,2H2,1H3. The van der Waals surface area contributed by atoms with Crippen LogP contribution >= 0.6 is 0 Å². The van der Waals surface area contributed by atoms with Gasteiger partial charge in [0.1, 0.15) is 11.0 Å². The molecule has 2 aromatic rings. The second-order valence-electron chi connectivity index (χ2n) is 2.70. The predicted octanol–water partition coefficient (Wildman–Crippen LogP) is 1.32. The second kappa shape index (κ2) is 2.87. The van der Waals surface area contributed by atoms with Gasteiger partial charge in [-0.25, -0.2) is 0 Å². The molecule has 0 fully saturated rings. The molecule has 0 saturated carbocycles. The molecule has 4 nitrogen and oxygen atoms in total. The van der Waals surface area contributed by atoms with Crippen LogP contribution in [0.2, 0.25) is 0 Å². The van der Waals surface area contributed by atoms with Crippen molar-refractivity contribution in [1.82, 2.24) is 15.0 Å². The van der Waals surface area contributed by atoms with E-state index in [2.05, 4.69) is 16.3 Å². The van der Waals surface area contributed by atoms with Crippen LogP contribution in [0.1, 0.15) is 12.5 Å². The van der Waals surface area contributed by atoms with Crippen LogP contribution < -0.4 is 0 Å². The van der Waals surface area contributed by atoms with Gasteiger partial charge in [-0.3, -0.25) is 0 Å². The highest BCUT2D eigenvalue weighted by molar-refractivity contribution is 5.75. The Morgan fingerprint density at radius 3 is 2.85 bits per heavy atom. The highest BCUT2D eigenvalue weighted by Gasteiger charge is 2.01. The van der Waals surface area contributed by atoms with Crippen LogP contribution in [0.25, 0.3) is 11.0 Å². The van der Waals surface area contributed by atoms with Crippen molar-refractivity contribution in [3.63, 3.8) is 0 Å². The zero-order valence-corrected chi connectivity index (χ0v) is 7.23. The Balaban J connectivity index is 2.65. The highest BCUT2D eigenvalue weighted by Crippen LogP contribution is 2.10. The second-order valence-corrected chi connectivity index (χ2v) is 2.70. The number of aromatic nitrogens is 3. The molecular formula is C9H8N4. The Kier molecular flexibility index (Phi) is 1.71. The van der Waals surface area contributed by atoms with E-state index in [4.69, 9.17) is 5.26 Å². The van der Waals surface area contributed by atoms with Crippen LogP contribution in [0.15, 0.2) is 18.2 Å². The predicted molar refractivity (Wildman–Crippen MR) is 47.9 cm³/mol. The van der Waals surface area contributed by atoms with Crippen molar-refractivity contribution in [3.8, 4) is 6.07 Å². The summed E-state index contributed by atoms with van der Waals surface area (Å²) >= 11 is 0. The molecule has 0 amide bonds. The molecule has 0 spiro atoms. The monoisotopic (exact) mass is 172 g/mol. The molecule has 0 aliphatic rings. The van der Waals surface area contributed by atoms with Gasteiger partial charge in [0, 0.05) is 0 Å². The van der Waals surface area contributed by atoms with Gasteiger partial charge in [-0.15, -0.1) is 0 Å². The molecular weight excluding hydrogens is 164 g/mol. The van der Waals surface area contributed by atoms with Crippen LogP contribution in [0.4, 0.5) is 0 Å². The third kappa shape index (κ3) is 1.25. The van der Waals surface area contributed by atoms with E-state index in [1.165, 1.54) is 0 Å². The Morgan fingerprint density at radius 2 is 2.15 bits per heavy atom. The molecule has 0 saturated heterocycles. The molecule has 64 valence electrons. The minimum absolute atomic E-state index is 0.621. The molecule has 0 aliphatic heterocycles. The molecule has 1 aromatic carbocycles. The fraction of sp³-hybridized carbons (Fsp3) is 0.222. The van der Waals surface area contributed by atoms with Crippen molar-refractivity contribution in [1.29, 1.82) is 5.26 Å². The van der Waals surface area contributed by atoms with E-state index in [0.717, 1.165) is 17.6 Å². The number of aryl methyl sites for hydroxylation is 1. The lowest BCUT2D eigenvalue weighted by atomic mass is 10.2. The van der Waals surface area contributed by atoms with E-state index < -0.39 is 0 Å². The minimum Gasteiger partial charge on any atom is -0.192 e. The lowest BCUT2D eigenvalue weighted by Gasteiger charge is -1.86. The van der Waals surface area contributed by atoms with Gasteiger partial charge in [-0.05, 0) is 25.1 Å². The topological polar surface area (TPSA) is 54.5 Å². The maximum absolute atomic E-state index is 8.66. The van der Waals surface area contributed by atoms with Crippen LogP contribution in [0.5, 0.6) is 0 Å². The van der Waals surface area contributed by atoms with Gasteiger partial charge in [0.05, 0.1) is 18.2 Å². The Morgan fingerprint density at radius 1 is 1.38 bits per heavy atom. The average molecular weight is 172 g/mol. The first-order valence-electron chi connectivity index (χ1n) is 4.08. The Hall–Kier alpha value is -1.89. The van der Waals surface area contributed by atoms with Crippen molar-refractivity contribution in [2.24, 2.45) is 0 Å². The zero-order valence-electron chi connectivity index (χ0n) is 7.23. The van der Waals surface area contributed by atoms with Crippen molar-refractivity contribution in [2.75, 3.05) is 0 Å². The molecule has 2 rings (SSSR count). The molecule has 0 unspecified atom stereocenters. The van der Waals surface area contributed by atoms with Gasteiger partial charge in [0.15, 0.2) is 0 Å². The SMILES string of the molecule is CCn1nc2ccc(C#N)cc2n1. The number of hydrogen-bond donors (Lipinski definition) is 0. The van der Waals surface area contributed by atoms with E-state index in [0.29, 0.717) is 5.56 Å². The van der Waals surface area contributed by atoms with E-state index in [1.807, 2.05) is 13.0 Å². The molecule has 0 bridgehead atoms. The van der Waals surface area contributed by atoms with Crippen molar-refractivity contribution >= 4 is 11.0 Å². The van der Waals surface area contributed by atoms with E-state index >= 15 is 0 Å². The van der Waals surface area contributed by atoms with Crippen LogP contribution in [0.3, 0.4) is 0 Å². The summed E-state index contributed by atoms with van der Waals surface area (Å²) in [4.78, 5) is 1.62. The third-order valence-electron chi connectivity index (χ3n) is 1.83. The summed E-state index contributed by atoms with van der Waals surface area (Å²) in [5.41, 5.74) is 2.23. The summed E-state index contributed by atoms with van der Waals surface area (Å²) in [6, 6.07) is 7.37. The van der Waals surface area contributed by atoms with Crippen LogP contribution in [0, 0.1) is 11.3 Å². The lowest BCUT2D eigenvalue weighted by molar-refractivity contribution is 0.578. The summed E-state index contributed by atoms with van der Waals surface area (Å²) in [6.45, 7) is 2.72. The number of benzene rings is 1. The van der Waals surface area contributed by atoms with Crippen LogP contribution in [-0.2, 0) is 6.54 Å². The fourth-order valence-corrected chi connectivity index (χ4v) is 1.17. The molecule has 0 atom stereocenters. The van der Waals surface area contributed by atoms with Gasteiger partial charge in [-0.2, -0.15) is 20.3 Å². The number of rotatable bonds is 1. The van der Waals surface area contributed by atoms with Gasteiger partial charge >= 0.3 is 0 Å². The summed E-state index contributed by atoms with van der Waals surface area (Å²) in [7, 11) is 0. The Bertz CT molecular complexity index is 478. The van der Waals surface area contributed by atoms with Crippen LogP contribution in [-0.4, -0.2) is 15.0 Å². The molecule has 4 heteroatoms. The van der Waals surface area contributed by atoms with Gasteiger partial charge in [0.25, 0.3) is 0 Å². The summed E-state index contributed by atoms with van der Waals surface area (Å²) in [5, 5.41) is 17.1. The quantitative estimate of drug-likeness (QED) is 0.651. The summed E-state index contributed by atoms with van der Waals surface area (Å²) in [6.07, 6.45) is 0. The van der Waals surface area contributed by atoms with Crippen molar-refractivity contribution in [2.45, 2.75) is 13.5 Å². The van der Waals surface area contributed by atoms with E-state index in [-0.39, 0.29) is 0 Å². The first-order chi connectivity index (χ1) is 6.33. The number of nitrogens with zero attached hydrogens (tertiary/aromatic N) is 4. The first kappa shape index (κ1) is 7.74. The molecule has 13 heavy (non-hydrogen) atoms. The first-order valence-corrected chi connectivity index (χ1v) is 4.08. The fourth-order valence-electron chi connectivity index (χ4n) is 1.17. The zero-order chi connectivity index (χ0) is 9.26. The molecule has 0 N–H and O–H groups in total.